The van der Waals surface area contributed by atoms with Crippen molar-refractivity contribution in [2.75, 3.05) is 27.2 Å². The Bertz CT molecular complexity index is 1550. The predicted octanol–water partition coefficient (Wildman–Crippen LogP) is 5.75. The van der Waals surface area contributed by atoms with Gasteiger partial charge < -0.3 is 24.7 Å². The lowest BCUT2D eigenvalue weighted by Gasteiger charge is -2.37. The van der Waals surface area contributed by atoms with Crippen molar-refractivity contribution in [3.8, 4) is 0 Å². The number of carbonyl (C=O) groups excluding carboxylic acids is 2. The molecule has 1 N–H and O–H groups in total. The Morgan fingerprint density at radius 2 is 1.64 bits per heavy atom. The third kappa shape index (κ3) is 5.58. The number of thioether (sulfide) groups is 1. The number of aliphatic hydroxyl groups excluding tert-OH is 1. The third-order valence-corrected chi connectivity index (χ3v) is 11.4. The van der Waals surface area contributed by atoms with Gasteiger partial charge in [0.25, 0.3) is 5.91 Å². The highest BCUT2D eigenvalue weighted by molar-refractivity contribution is 8.18. The van der Waals surface area contributed by atoms with Crippen LogP contribution in [0.25, 0.3) is 0 Å². The van der Waals surface area contributed by atoms with Crippen molar-refractivity contribution >= 4 is 51.9 Å². The number of likely N-dealkylation sites (N-methyl/N-ethyl adjacent to an activating group) is 1. The molecule has 6 atom stereocenters. The lowest BCUT2D eigenvalue weighted by molar-refractivity contribution is -0.142. The predicted molar refractivity (Wildman–Crippen MR) is 181 cm³/mol. The number of hydrogen-bond donors (Lipinski definition) is 1. The molecule has 4 aliphatic rings. The van der Waals surface area contributed by atoms with E-state index in [1.165, 1.54) is 11.8 Å². The van der Waals surface area contributed by atoms with Crippen LogP contribution in [0.1, 0.15) is 57.7 Å². The fourth-order valence-electron chi connectivity index (χ4n) is 7.42. The van der Waals surface area contributed by atoms with Gasteiger partial charge in [0.2, 0.25) is 5.91 Å². The number of amides is 2. The van der Waals surface area contributed by atoms with Crippen LogP contribution in [0.15, 0.2) is 64.1 Å². The Kier molecular flexibility index (Phi) is 8.80. The molecule has 0 saturated carbocycles. The van der Waals surface area contributed by atoms with Crippen LogP contribution in [0, 0.1) is 5.92 Å². The summed E-state index contributed by atoms with van der Waals surface area (Å²) in [6.07, 6.45) is 0.738. The Balaban J connectivity index is 1.37. The van der Waals surface area contributed by atoms with Crippen molar-refractivity contribution in [2.24, 2.45) is 10.9 Å². The van der Waals surface area contributed by atoms with Crippen molar-refractivity contribution in [3.05, 3.63) is 80.3 Å². The van der Waals surface area contributed by atoms with E-state index in [0.717, 1.165) is 28.4 Å². The zero-order valence-electron chi connectivity index (χ0n) is 26.6. The van der Waals surface area contributed by atoms with Crippen LogP contribution >= 0.6 is 35.0 Å². The number of amidine groups is 1. The number of benzene rings is 2. The molecule has 6 rings (SSSR count). The maximum absolute atomic E-state index is 14.6. The standard InChI is InChI=1S/C34H41Cl2N5O3S/c1-19(2)28-29(32(44)40-20(3)7-16-25(40)31(43)39-17-26(38(5)6)27(42)18-39)45-33-37-34(4,22-10-14-24(36)15-11-22)30(41(28)33)21-8-12-23(35)13-9-21/h8-15,19-20,25-27,30,42H,7,16-18H2,1-6H3/t20-,25+,26-,27-,30-,34+/m1/s1. The molecule has 2 amide bonds. The summed E-state index contributed by atoms with van der Waals surface area (Å²) in [5.74, 6) is -0.206. The minimum atomic E-state index is -0.658. The second-order valence-electron chi connectivity index (χ2n) is 13.3. The summed E-state index contributed by atoms with van der Waals surface area (Å²) in [5.41, 5.74) is 2.31. The van der Waals surface area contributed by atoms with Crippen LogP contribution in [-0.4, -0.2) is 93.1 Å². The van der Waals surface area contributed by atoms with Crippen LogP contribution in [-0.2, 0) is 15.1 Å². The monoisotopic (exact) mass is 669 g/mol. The molecule has 0 spiro atoms. The summed E-state index contributed by atoms with van der Waals surface area (Å²) in [6.45, 7) is 9.08. The largest absolute Gasteiger partial charge is 0.390 e. The van der Waals surface area contributed by atoms with Gasteiger partial charge in [-0.25, -0.2) is 4.99 Å². The zero-order chi connectivity index (χ0) is 32.4. The van der Waals surface area contributed by atoms with E-state index in [9.17, 15) is 14.7 Å². The maximum Gasteiger partial charge on any atom is 0.263 e. The maximum atomic E-state index is 14.6. The van der Waals surface area contributed by atoms with E-state index < -0.39 is 17.7 Å². The molecular formula is C34H41Cl2N5O3S. The highest BCUT2D eigenvalue weighted by Crippen LogP contribution is 2.56. The summed E-state index contributed by atoms with van der Waals surface area (Å²) >= 11 is 14.0. The molecule has 0 aromatic heterocycles. The lowest BCUT2D eigenvalue weighted by Crippen LogP contribution is -2.50. The molecule has 4 aliphatic heterocycles. The number of fused-ring (bicyclic) bond motifs is 1. The van der Waals surface area contributed by atoms with Crippen LogP contribution in [0.2, 0.25) is 10.0 Å². The number of carbonyl (C=O) groups is 2. The molecule has 0 unspecified atom stereocenters. The van der Waals surface area contributed by atoms with Crippen molar-refractivity contribution in [3.63, 3.8) is 0 Å². The molecule has 11 heteroatoms. The minimum absolute atomic E-state index is 0.00755. The first-order chi connectivity index (χ1) is 21.3. The normalized spacial score (nSPS) is 29.8. The van der Waals surface area contributed by atoms with Gasteiger partial charge in [-0.15, -0.1) is 0 Å². The number of allylic oxidation sites excluding steroid dienone is 1. The van der Waals surface area contributed by atoms with E-state index in [1.807, 2.05) is 74.4 Å². The van der Waals surface area contributed by atoms with Gasteiger partial charge >= 0.3 is 0 Å². The number of nitrogens with zero attached hydrogens (tertiary/aromatic N) is 5. The number of likely N-dealkylation sites (tertiary alicyclic amines) is 2. The van der Waals surface area contributed by atoms with Crippen LogP contribution in [0.3, 0.4) is 0 Å². The number of rotatable bonds is 6. The highest BCUT2D eigenvalue weighted by Gasteiger charge is 2.54. The van der Waals surface area contributed by atoms with E-state index in [0.29, 0.717) is 27.9 Å². The first kappa shape index (κ1) is 32.4. The Morgan fingerprint density at radius 3 is 2.22 bits per heavy atom. The first-order valence-electron chi connectivity index (χ1n) is 15.6. The fraction of sp³-hybridized carbons (Fsp3) is 0.500. The number of hydrogen-bond acceptors (Lipinski definition) is 7. The van der Waals surface area contributed by atoms with Gasteiger partial charge in [0.1, 0.15) is 16.5 Å². The molecule has 2 aromatic rings. The van der Waals surface area contributed by atoms with E-state index >= 15 is 0 Å². The van der Waals surface area contributed by atoms with Gasteiger partial charge in [-0.2, -0.15) is 0 Å². The summed E-state index contributed by atoms with van der Waals surface area (Å²) in [7, 11) is 3.83. The Labute approximate surface area is 280 Å². The van der Waals surface area contributed by atoms with Crippen molar-refractivity contribution in [1.82, 2.24) is 19.6 Å². The number of halogens is 2. The third-order valence-electron chi connectivity index (χ3n) is 9.79. The number of β-amino-alcohol motifs (C(OH)–C–C–N with tert-alkyl or cyclic N) is 1. The first-order valence-corrected chi connectivity index (χ1v) is 17.2. The summed E-state index contributed by atoms with van der Waals surface area (Å²) in [6, 6.07) is 14.7. The highest BCUT2D eigenvalue weighted by atomic mass is 35.5. The van der Waals surface area contributed by atoms with Gasteiger partial charge in [0.05, 0.1) is 18.2 Å². The second kappa shape index (κ2) is 12.2. The average Bonchev–Trinajstić information content (AvgIpc) is 3.74. The molecular weight excluding hydrogens is 629 g/mol. The second-order valence-corrected chi connectivity index (χ2v) is 15.2. The van der Waals surface area contributed by atoms with Crippen LogP contribution in [0.4, 0.5) is 0 Å². The van der Waals surface area contributed by atoms with Crippen molar-refractivity contribution in [2.45, 2.75) is 76.3 Å². The van der Waals surface area contributed by atoms with E-state index in [-0.39, 0.29) is 42.4 Å². The smallest absolute Gasteiger partial charge is 0.263 e. The summed E-state index contributed by atoms with van der Waals surface area (Å²) < 4.78 is 0. The molecule has 0 aliphatic carbocycles. The molecule has 2 saturated heterocycles. The molecule has 45 heavy (non-hydrogen) atoms. The molecule has 240 valence electrons. The van der Waals surface area contributed by atoms with E-state index in [2.05, 4.69) is 25.7 Å². The van der Waals surface area contributed by atoms with Gasteiger partial charge in [-0.05, 0) is 93.9 Å². The Morgan fingerprint density at radius 1 is 1.02 bits per heavy atom. The summed E-state index contributed by atoms with van der Waals surface area (Å²) in [4.78, 5) is 42.2. The molecule has 0 radical (unpaired) electrons. The summed E-state index contributed by atoms with van der Waals surface area (Å²) in [5, 5.41) is 12.7. The Hall–Kier alpha value is -2.56. The number of aliphatic hydroxyl groups is 1. The van der Waals surface area contributed by atoms with Gasteiger partial charge in [-0.1, -0.05) is 61.3 Å². The SMILES string of the molecule is CC(C)C1=C(C(=O)N2[C@H](C)CC[C@H]2C(=O)N2C[C@@H](O)[C@H](N(C)C)C2)SC2=N[C@@](C)(c3ccc(Cl)cc3)[C@@H](c3ccc(Cl)cc3)N21. The molecule has 8 nitrogen and oxygen atoms in total. The van der Waals surface area contributed by atoms with Crippen molar-refractivity contribution < 1.29 is 14.7 Å². The lowest BCUT2D eigenvalue weighted by atomic mass is 9.81. The van der Waals surface area contributed by atoms with Gasteiger partial charge in [0, 0.05) is 34.9 Å². The van der Waals surface area contributed by atoms with E-state index in [1.54, 1.807) is 9.80 Å². The average molecular weight is 671 g/mol. The molecule has 2 aromatic carbocycles. The molecule has 4 heterocycles. The van der Waals surface area contributed by atoms with Crippen LogP contribution < -0.4 is 0 Å². The van der Waals surface area contributed by atoms with Gasteiger partial charge in [0.15, 0.2) is 5.17 Å². The number of aliphatic imine (C=N–C) groups is 1. The van der Waals surface area contributed by atoms with Gasteiger partial charge in [-0.3, -0.25) is 9.59 Å². The fourth-order valence-corrected chi connectivity index (χ4v) is 9.02. The van der Waals surface area contributed by atoms with E-state index in [4.69, 9.17) is 28.2 Å². The topological polar surface area (TPSA) is 79.7 Å². The van der Waals surface area contributed by atoms with Crippen LogP contribution in [0.5, 0.6) is 0 Å². The molecule has 2 fully saturated rings. The molecule has 0 bridgehead atoms. The van der Waals surface area contributed by atoms with Crippen molar-refractivity contribution in [1.29, 1.82) is 0 Å². The minimum Gasteiger partial charge on any atom is -0.390 e. The zero-order valence-corrected chi connectivity index (χ0v) is 28.9. The quantitative estimate of drug-likeness (QED) is 0.422.